The lowest BCUT2D eigenvalue weighted by atomic mass is 9.77. The van der Waals surface area contributed by atoms with Gasteiger partial charge in [0.05, 0.1) is 18.7 Å². The molecule has 0 radical (unpaired) electrons. The van der Waals surface area contributed by atoms with Crippen molar-refractivity contribution < 1.29 is 14.6 Å². The van der Waals surface area contributed by atoms with E-state index in [0.717, 1.165) is 63.2 Å². The lowest BCUT2D eigenvalue weighted by molar-refractivity contribution is -0.149. The van der Waals surface area contributed by atoms with Crippen LogP contribution in [0.3, 0.4) is 0 Å². The number of aromatic nitrogens is 6. The molecule has 2 unspecified atom stereocenters. The van der Waals surface area contributed by atoms with Crippen LogP contribution in [0.25, 0.3) is 22.5 Å². The molecule has 61 heavy (non-hydrogen) atoms. The van der Waals surface area contributed by atoms with Crippen molar-refractivity contribution in [2.24, 2.45) is 5.92 Å². The molecule has 0 aliphatic rings. The number of hydrogen-bond acceptors (Lipinski definition) is 7. The van der Waals surface area contributed by atoms with Crippen molar-refractivity contribution in [1.29, 1.82) is 0 Å². The van der Waals surface area contributed by atoms with E-state index in [-0.39, 0.29) is 11.6 Å². The van der Waals surface area contributed by atoms with Gasteiger partial charge in [-0.05, 0) is 62.2 Å². The Bertz CT molecular complexity index is 2570. The van der Waals surface area contributed by atoms with Crippen molar-refractivity contribution >= 4 is 17.6 Å². The molecule has 2 heterocycles. The molecule has 0 bridgehead atoms. The number of ether oxygens (including phenoxy) is 1. The van der Waals surface area contributed by atoms with Gasteiger partial charge in [0.15, 0.2) is 11.0 Å². The van der Waals surface area contributed by atoms with Gasteiger partial charge >= 0.3 is 5.97 Å². The Hall–Kier alpha value is -6.68. The maximum atomic E-state index is 13.2. The van der Waals surface area contributed by atoms with Gasteiger partial charge in [-0.3, -0.25) is 4.79 Å². The van der Waals surface area contributed by atoms with Crippen molar-refractivity contribution in [2.45, 2.75) is 50.8 Å². The minimum Gasteiger partial charge on any atom is -0.469 e. The van der Waals surface area contributed by atoms with E-state index in [2.05, 4.69) is 84.9 Å². The Morgan fingerprint density at radius 2 is 1.26 bits per heavy atom. The molecule has 1 N–H and O–H groups in total. The molecule has 0 spiro atoms. The first-order valence-electron chi connectivity index (χ1n) is 20.6. The van der Waals surface area contributed by atoms with Gasteiger partial charge in [-0.15, -0.1) is 5.10 Å². The molecular weight excluding hydrogens is 780 g/mol. The molecule has 6 aromatic carbocycles. The first-order valence-corrected chi connectivity index (χ1v) is 21.0. The van der Waals surface area contributed by atoms with Crippen molar-refractivity contribution in [2.75, 3.05) is 7.11 Å². The molecule has 9 nitrogen and oxygen atoms in total. The maximum absolute atomic E-state index is 13.2. The van der Waals surface area contributed by atoms with Crippen LogP contribution < -0.4 is 0 Å². The molecule has 0 aliphatic heterocycles. The fraction of sp³-hybridized carbons (Fsp3) is 0.196. The summed E-state index contributed by atoms with van der Waals surface area (Å²) in [5.41, 5.74) is 7.23. The van der Waals surface area contributed by atoms with Gasteiger partial charge < -0.3 is 14.4 Å². The van der Waals surface area contributed by atoms with Crippen LogP contribution in [0.1, 0.15) is 65.2 Å². The predicted octanol–water partition coefficient (Wildman–Crippen LogP) is 10.2. The predicted molar refractivity (Wildman–Crippen MR) is 239 cm³/mol. The van der Waals surface area contributed by atoms with Gasteiger partial charge in [0, 0.05) is 18.5 Å². The number of rotatable bonds is 16. The van der Waals surface area contributed by atoms with E-state index >= 15 is 0 Å². The monoisotopic (exact) mass is 826 g/mol. The van der Waals surface area contributed by atoms with E-state index < -0.39 is 23.5 Å². The third kappa shape index (κ3) is 8.27. The van der Waals surface area contributed by atoms with Crippen LogP contribution in [0, 0.1) is 5.92 Å². The molecule has 8 aromatic rings. The average Bonchev–Trinajstić information content (AvgIpc) is 3.93. The largest absolute Gasteiger partial charge is 0.469 e. The van der Waals surface area contributed by atoms with Gasteiger partial charge in [-0.2, -0.15) is 0 Å². The summed E-state index contributed by atoms with van der Waals surface area (Å²) in [5.74, 6) is -0.0413. The molecule has 0 fully saturated rings. The Morgan fingerprint density at radius 3 is 1.82 bits per heavy atom. The van der Waals surface area contributed by atoms with Crippen LogP contribution >= 0.6 is 11.6 Å². The molecule has 0 saturated carbocycles. The van der Waals surface area contributed by atoms with E-state index in [0.29, 0.717) is 24.5 Å². The number of aliphatic hydroxyl groups excluding tert-OH is 1. The molecule has 2 aromatic heterocycles. The van der Waals surface area contributed by atoms with Crippen LogP contribution in [-0.4, -0.2) is 47.9 Å². The summed E-state index contributed by atoms with van der Waals surface area (Å²) >= 11 is 6.86. The first-order chi connectivity index (χ1) is 29.9. The summed E-state index contributed by atoms with van der Waals surface area (Å²) < 4.78 is 9.12. The topological polar surface area (TPSA) is 108 Å². The number of imidazole rings is 1. The SMILES string of the molecule is CCCCc1nc(Cl)c(C(O)C(Cc2ccccc2)C(=O)OC)n1Cc1ccc(-c2ccccc2-c2nnnn2C(c2ccccc2)(c2ccccc2)c2ccccc2)cc1. The smallest absolute Gasteiger partial charge is 0.312 e. The summed E-state index contributed by atoms with van der Waals surface area (Å²) in [4.78, 5) is 17.9. The van der Waals surface area contributed by atoms with E-state index in [1.54, 1.807) is 0 Å². The number of tetrazole rings is 1. The van der Waals surface area contributed by atoms with Gasteiger partial charge in [-0.1, -0.05) is 195 Å². The number of nitrogens with zero attached hydrogens (tertiary/aromatic N) is 6. The molecule has 0 aliphatic carbocycles. The number of aliphatic hydroxyl groups is 1. The number of aryl methyl sites for hydroxylation is 1. The molecular formula is C51H47ClN6O3. The summed E-state index contributed by atoms with van der Waals surface area (Å²) in [6.07, 6.45) is 1.54. The van der Waals surface area contributed by atoms with Crippen LogP contribution in [0.2, 0.25) is 5.15 Å². The van der Waals surface area contributed by atoms with E-state index in [1.807, 2.05) is 106 Å². The van der Waals surface area contributed by atoms with Crippen LogP contribution in [-0.2, 0) is 34.5 Å². The number of benzene rings is 6. The summed E-state index contributed by atoms with van der Waals surface area (Å²) in [6.45, 7) is 2.51. The number of carbonyl (C=O) groups is 1. The second kappa shape index (κ2) is 18.7. The van der Waals surface area contributed by atoms with E-state index in [9.17, 15) is 9.90 Å². The zero-order chi connectivity index (χ0) is 42.2. The standard InChI is InChI=1S/C51H47ClN6O3/c1-3-4-29-45-53-48(52)46(47(59)44(50(60)61-2)34-36-19-9-5-10-20-36)57(45)35-37-30-32-38(33-31-37)42-27-17-18-28-43(42)49-54-55-56-58(49)51(39-21-11-6-12-22-39,40-23-13-7-14-24-40)41-25-15-8-16-26-41/h5-28,30-33,44,47,59H,3-4,29,34-35H2,1-2H3. The molecule has 10 heteroatoms. The summed E-state index contributed by atoms with van der Waals surface area (Å²) in [6, 6.07) is 57.2. The van der Waals surface area contributed by atoms with Crippen LogP contribution in [0.4, 0.5) is 0 Å². The lowest BCUT2D eigenvalue weighted by Crippen LogP contribution is -2.39. The molecule has 8 rings (SSSR count). The third-order valence-corrected chi connectivity index (χ3v) is 11.7. The molecule has 306 valence electrons. The Kier molecular flexibility index (Phi) is 12.6. The summed E-state index contributed by atoms with van der Waals surface area (Å²) in [5, 5.41) is 26.0. The molecule has 2 atom stereocenters. The highest BCUT2D eigenvalue weighted by atomic mass is 35.5. The number of methoxy groups -OCH3 is 1. The van der Waals surface area contributed by atoms with E-state index in [4.69, 9.17) is 31.6 Å². The minimum absolute atomic E-state index is 0.182. The lowest BCUT2D eigenvalue weighted by Gasteiger charge is -2.36. The molecule has 0 amide bonds. The first kappa shape index (κ1) is 41.1. The van der Waals surface area contributed by atoms with Crippen LogP contribution in [0.15, 0.2) is 170 Å². The zero-order valence-electron chi connectivity index (χ0n) is 34.2. The fourth-order valence-corrected chi connectivity index (χ4v) is 8.70. The number of carbonyl (C=O) groups excluding carboxylic acids is 1. The highest BCUT2D eigenvalue weighted by Crippen LogP contribution is 2.43. The van der Waals surface area contributed by atoms with Crippen molar-refractivity contribution in [1.82, 2.24) is 29.8 Å². The summed E-state index contributed by atoms with van der Waals surface area (Å²) in [7, 11) is 1.34. The average molecular weight is 827 g/mol. The Morgan fingerprint density at radius 1 is 0.721 bits per heavy atom. The van der Waals surface area contributed by atoms with Gasteiger partial charge in [0.1, 0.15) is 17.5 Å². The maximum Gasteiger partial charge on any atom is 0.312 e. The van der Waals surface area contributed by atoms with Gasteiger partial charge in [0.2, 0.25) is 0 Å². The number of halogens is 1. The molecule has 0 saturated heterocycles. The number of hydrogen-bond donors (Lipinski definition) is 1. The normalized spacial score (nSPS) is 12.5. The minimum atomic E-state index is -1.25. The Balaban J connectivity index is 1.18. The van der Waals surface area contributed by atoms with Gasteiger partial charge in [-0.25, -0.2) is 9.67 Å². The van der Waals surface area contributed by atoms with E-state index in [1.165, 1.54) is 7.11 Å². The number of unbranched alkanes of at least 4 members (excludes halogenated alkanes) is 1. The highest BCUT2D eigenvalue weighted by molar-refractivity contribution is 6.30. The zero-order valence-corrected chi connectivity index (χ0v) is 34.9. The van der Waals surface area contributed by atoms with Crippen molar-refractivity contribution in [3.8, 4) is 22.5 Å². The van der Waals surface area contributed by atoms with Crippen LogP contribution in [0.5, 0.6) is 0 Å². The fourth-order valence-electron chi connectivity index (χ4n) is 8.39. The second-order valence-corrected chi connectivity index (χ2v) is 15.5. The van der Waals surface area contributed by atoms with Crippen molar-refractivity contribution in [3.05, 3.63) is 214 Å². The highest BCUT2D eigenvalue weighted by Gasteiger charge is 2.42. The third-order valence-electron chi connectivity index (χ3n) is 11.4. The second-order valence-electron chi connectivity index (χ2n) is 15.1. The quantitative estimate of drug-likeness (QED) is 0.0763. The van der Waals surface area contributed by atoms with Crippen molar-refractivity contribution in [3.63, 3.8) is 0 Å². The Labute approximate surface area is 361 Å². The van der Waals surface area contributed by atoms with Gasteiger partial charge in [0.25, 0.3) is 0 Å². The number of esters is 1.